The van der Waals surface area contributed by atoms with Crippen molar-refractivity contribution in [2.45, 2.75) is 4.90 Å². The van der Waals surface area contributed by atoms with Gasteiger partial charge in [-0.3, -0.25) is 19.2 Å². The van der Waals surface area contributed by atoms with Crippen LogP contribution in [0.15, 0.2) is 96.4 Å². The van der Waals surface area contributed by atoms with Gasteiger partial charge in [-0.2, -0.15) is 0 Å². The molecule has 3 aromatic rings. The average Bonchev–Trinajstić information content (AvgIpc) is 2.86. The lowest BCUT2D eigenvalue weighted by molar-refractivity contribution is -0.383. The van der Waals surface area contributed by atoms with Crippen molar-refractivity contribution >= 4 is 39.0 Å². The molecule has 0 atom stereocenters. The summed E-state index contributed by atoms with van der Waals surface area (Å²) in [5, 5.41) is 13.4. The van der Waals surface area contributed by atoms with Crippen LogP contribution >= 0.6 is 0 Å². The summed E-state index contributed by atoms with van der Waals surface area (Å²) in [6, 6.07) is 19.2. The van der Waals surface area contributed by atoms with Gasteiger partial charge in [-0.05, 0) is 36.4 Å². The van der Waals surface area contributed by atoms with Gasteiger partial charge in [0.1, 0.15) is 5.69 Å². The van der Waals surface area contributed by atoms with E-state index in [-0.39, 0.29) is 28.4 Å². The summed E-state index contributed by atoms with van der Waals surface area (Å²) in [7, 11) is -4.05. The molecular weight excluding hydrogens is 474 g/mol. The van der Waals surface area contributed by atoms with E-state index < -0.39 is 33.4 Å². The molecule has 0 radical (unpaired) electrons. The lowest BCUT2D eigenvalue weighted by Gasteiger charge is -2.23. The fourth-order valence-corrected chi connectivity index (χ4v) is 4.59. The molecule has 3 rings (SSSR count). The molecule has 1 N–H and O–H groups in total. The fourth-order valence-electron chi connectivity index (χ4n) is 3.10. The fraction of sp³-hybridized carbons (Fsp3) is 0.0833. The Labute approximate surface area is 201 Å². The van der Waals surface area contributed by atoms with Gasteiger partial charge < -0.3 is 10.1 Å². The van der Waals surface area contributed by atoms with E-state index in [4.69, 9.17) is 4.74 Å². The molecule has 35 heavy (non-hydrogen) atoms. The maximum absolute atomic E-state index is 13.3. The highest BCUT2D eigenvalue weighted by atomic mass is 32.2. The molecule has 0 bridgehead atoms. The quantitative estimate of drug-likeness (QED) is 0.196. The van der Waals surface area contributed by atoms with Crippen LogP contribution in [0.5, 0.6) is 0 Å². The van der Waals surface area contributed by atoms with E-state index >= 15 is 0 Å². The van der Waals surface area contributed by atoms with Crippen LogP contribution in [0, 0.1) is 10.1 Å². The summed E-state index contributed by atoms with van der Waals surface area (Å²) in [6.07, 6.45) is 1.44. The zero-order valence-corrected chi connectivity index (χ0v) is 19.2. The predicted molar refractivity (Wildman–Crippen MR) is 130 cm³/mol. The maximum Gasteiger partial charge on any atom is 0.338 e. The van der Waals surface area contributed by atoms with Crippen molar-refractivity contribution in [1.82, 2.24) is 0 Å². The zero-order chi connectivity index (χ0) is 25.4. The third-order valence-electron chi connectivity index (χ3n) is 4.71. The Bertz CT molecular complexity index is 1360. The minimum atomic E-state index is -4.05. The summed E-state index contributed by atoms with van der Waals surface area (Å²) >= 11 is 0. The number of nitrogens with zero attached hydrogens (tertiary/aromatic N) is 2. The second-order valence-corrected chi connectivity index (χ2v) is 8.95. The number of nitrogens with one attached hydrogen (secondary N) is 1. The largest absolute Gasteiger partial charge is 0.452 e. The molecule has 11 heteroatoms. The van der Waals surface area contributed by atoms with Gasteiger partial charge in [-0.25, -0.2) is 13.2 Å². The van der Waals surface area contributed by atoms with Crippen molar-refractivity contribution in [1.29, 1.82) is 0 Å². The number of carbonyl (C=O) groups excluding carboxylic acids is 2. The topological polar surface area (TPSA) is 136 Å². The lowest BCUT2D eigenvalue weighted by atomic mass is 10.2. The van der Waals surface area contributed by atoms with E-state index in [1.165, 1.54) is 48.5 Å². The number of amides is 1. The Balaban J connectivity index is 1.73. The van der Waals surface area contributed by atoms with Gasteiger partial charge in [0.05, 0.1) is 27.6 Å². The Morgan fingerprint density at radius 3 is 2.40 bits per heavy atom. The van der Waals surface area contributed by atoms with E-state index in [1.807, 2.05) is 0 Å². The van der Waals surface area contributed by atoms with E-state index in [2.05, 4.69) is 11.9 Å². The summed E-state index contributed by atoms with van der Waals surface area (Å²) in [4.78, 5) is 34.9. The molecule has 0 spiro atoms. The van der Waals surface area contributed by atoms with Crippen LogP contribution in [-0.2, 0) is 19.6 Å². The summed E-state index contributed by atoms with van der Waals surface area (Å²) in [5.74, 6) is -1.73. The highest BCUT2D eigenvalue weighted by Gasteiger charge is 2.25. The Morgan fingerprint density at radius 1 is 1.03 bits per heavy atom. The first-order valence-electron chi connectivity index (χ1n) is 10.2. The molecule has 0 heterocycles. The Hall–Kier alpha value is -4.51. The van der Waals surface area contributed by atoms with Crippen molar-refractivity contribution in [3.8, 4) is 0 Å². The Kier molecular flexibility index (Phi) is 7.95. The zero-order valence-electron chi connectivity index (χ0n) is 18.4. The van der Waals surface area contributed by atoms with Crippen molar-refractivity contribution in [2.24, 2.45) is 0 Å². The number of carbonyl (C=O) groups is 2. The molecule has 0 unspecified atom stereocenters. The molecule has 0 aliphatic rings. The maximum atomic E-state index is 13.3. The number of nitro benzene ring substituents is 1. The molecular formula is C24H21N3O7S. The number of ether oxygens (including phenoxy) is 1. The number of nitro groups is 1. The van der Waals surface area contributed by atoms with Gasteiger partial charge >= 0.3 is 5.97 Å². The average molecular weight is 496 g/mol. The van der Waals surface area contributed by atoms with Crippen LogP contribution in [0.3, 0.4) is 0 Å². The first kappa shape index (κ1) is 25.1. The second kappa shape index (κ2) is 11.1. The van der Waals surface area contributed by atoms with Gasteiger partial charge in [0, 0.05) is 6.07 Å². The van der Waals surface area contributed by atoms with Gasteiger partial charge in [0.25, 0.3) is 21.6 Å². The minimum Gasteiger partial charge on any atom is -0.452 e. The molecule has 1 amide bonds. The van der Waals surface area contributed by atoms with Gasteiger partial charge in [0.15, 0.2) is 6.61 Å². The van der Waals surface area contributed by atoms with Crippen LogP contribution in [-0.4, -0.2) is 38.4 Å². The molecule has 0 fully saturated rings. The number of para-hydroxylation sites is 3. The third-order valence-corrected chi connectivity index (χ3v) is 6.50. The number of rotatable bonds is 10. The van der Waals surface area contributed by atoms with Crippen molar-refractivity contribution in [2.75, 3.05) is 22.8 Å². The highest BCUT2D eigenvalue weighted by molar-refractivity contribution is 7.92. The summed E-state index contributed by atoms with van der Waals surface area (Å²) < 4.78 is 32.6. The number of anilines is 2. The van der Waals surface area contributed by atoms with E-state index in [9.17, 15) is 28.1 Å². The van der Waals surface area contributed by atoms with Crippen LogP contribution in [0.4, 0.5) is 17.1 Å². The molecule has 0 aliphatic carbocycles. The van der Waals surface area contributed by atoms with Crippen LogP contribution in [0.25, 0.3) is 0 Å². The van der Waals surface area contributed by atoms with Gasteiger partial charge in [-0.1, -0.05) is 42.5 Å². The molecule has 10 nitrogen and oxygen atoms in total. The van der Waals surface area contributed by atoms with Gasteiger partial charge in [-0.15, -0.1) is 6.58 Å². The first-order chi connectivity index (χ1) is 16.7. The van der Waals surface area contributed by atoms with Gasteiger partial charge in [0.2, 0.25) is 0 Å². The summed E-state index contributed by atoms with van der Waals surface area (Å²) in [5.41, 5.74) is -0.0225. The number of hydrogen-bond donors (Lipinski definition) is 1. The molecule has 3 aromatic carbocycles. The Morgan fingerprint density at radius 2 is 1.71 bits per heavy atom. The standard InChI is InChI=1S/C24H21N3O7S/c1-2-15-26(19-10-4-3-5-11-19)35(32,33)20-12-8-9-18(16-20)24(29)34-17-23(28)25-21-13-6-7-14-22(21)27(30)31/h2-14,16H,1,15,17H2,(H,25,28). The normalized spacial score (nSPS) is 10.7. The van der Waals surface area contributed by atoms with Crippen LogP contribution in [0.1, 0.15) is 10.4 Å². The highest BCUT2D eigenvalue weighted by Crippen LogP contribution is 2.25. The number of benzene rings is 3. The van der Waals surface area contributed by atoms with Crippen LogP contribution in [0.2, 0.25) is 0 Å². The van der Waals surface area contributed by atoms with E-state index in [0.29, 0.717) is 5.69 Å². The van der Waals surface area contributed by atoms with Crippen molar-refractivity contribution in [3.63, 3.8) is 0 Å². The SMILES string of the molecule is C=CCN(c1ccccc1)S(=O)(=O)c1cccc(C(=O)OCC(=O)Nc2ccccc2[N+](=O)[O-])c1. The number of sulfonamides is 1. The van der Waals surface area contributed by atoms with Crippen molar-refractivity contribution < 1.29 is 27.7 Å². The lowest BCUT2D eigenvalue weighted by Crippen LogP contribution is -2.31. The van der Waals surface area contributed by atoms with E-state index in [1.54, 1.807) is 30.3 Å². The number of hydrogen-bond acceptors (Lipinski definition) is 7. The van der Waals surface area contributed by atoms with E-state index in [0.717, 1.165) is 10.4 Å². The molecule has 0 aromatic heterocycles. The predicted octanol–water partition coefficient (Wildman–Crippen LogP) is 3.77. The van der Waals surface area contributed by atoms with Crippen molar-refractivity contribution in [3.05, 3.63) is 107 Å². The second-order valence-electron chi connectivity index (χ2n) is 7.09. The molecule has 0 saturated heterocycles. The minimum absolute atomic E-state index is 0.00676. The molecule has 0 saturated carbocycles. The van der Waals surface area contributed by atoms with Crippen LogP contribution < -0.4 is 9.62 Å². The monoisotopic (exact) mass is 495 g/mol. The molecule has 180 valence electrons. The first-order valence-corrected chi connectivity index (χ1v) is 11.7. The number of esters is 1. The third kappa shape index (κ3) is 6.09. The smallest absolute Gasteiger partial charge is 0.338 e. The molecule has 0 aliphatic heterocycles. The summed E-state index contributed by atoms with van der Waals surface area (Å²) in [6.45, 7) is 2.89.